The molecule has 0 aliphatic carbocycles. The van der Waals surface area contributed by atoms with E-state index in [1.807, 2.05) is 20.8 Å². The monoisotopic (exact) mass is 483 g/mol. The lowest BCUT2D eigenvalue weighted by molar-refractivity contribution is -0.119. The number of hydrogen-bond donors (Lipinski definition) is 1. The van der Waals surface area contributed by atoms with Crippen LogP contribution >= 0.6 is 0 Å². The van der Waals surface area contributed by atoms with Gasteiger partial charge in [-0.05, 0) is 74.9 Å². The van der Waals surface area contributed by atoms with Gasteiger partial charge in [0, 0.05) is 0 Å². The Morgan fingerprint density at radius 3 is 2.32 bits per heavy atom. The third kappa shape index (κ3) is 6.41. The number of hydrogen-bond acceptors (Lipinski definition) is 5. The van der Waals surface area contributed by atoms with Gasteiger partial charge in [0.2, 0.25) is 0 Å². The molecule has 9 heteroatoms. The summed E-state index contributed by atoms with van der Waals surface area (Å²) in [5, 5.41) is 3.89. The molecule has 3 aromatic rings. The number of nitrogens with one attached hydrogen (secondary N) is 1. The Morgan fingerprint density at radius 2 is 1.71 bits per heavy atom. The summed E-state index contributed by atoms with van der Waals surface area (Å²) in [5.74, 6) is -0.786. The molecule has 1 N–H and O–H groups in total. The third-order valence-corrected chi connectivity index (χ3v) is 6.45. The molecule has 3 rings (SSSR count). The van der Waals surface area contributed by atoms with Crippen LogP contribution in [0.25, 0.3) is 0 Å². The normalized spacial score (nSPS) is 11.6. The molecule has 0 bridgehead atoms. The van der Waals surface area contributed by atoms with Gasteiger partial charge in [0.05, 0.1) is 22.9 Å². The van der Waals surface area contributed by atoms with Crippen molar-refractivity contribution >= 4 is 27.8 Å². The number of ether oxygens (including phenoxy) is 1. The van der Waals surface area contributed by atoms with Crippen LogP contribution in [-0.4, -0.2) is 33.2 Å². The molecule has 3 aromatic carbocycles. The number of hydrazone groups is 1. The summed E-state index contributed by atoms with van der Waals surface area (Å²) >= 11 is 0. The number of carbonyl (C=O) groups excluding carboxylic acids is 1. The summed E-state index contributed by atoms with van der Waals surface area (Å²) < 4.78 is 47.3. The molecule has 0 radical (unpaired) electrons. The fourth-order valence-electron chi connectivity index (χ4n) is 3.04. The summed E-state index contributed by atoms with van der Waals surface area (Å²) in [7, 11) is -4.21. The maximum Gasteiger partial charge on any atom is 0.264 e. The van der Waals surface area contributed by atoms with Crippen molar-refractivity contribution in [3.63, 3.8) is 0 Å². The number of benzene rings is 3. The van der Waals surface area contributed by atoms with Crippen molar-refractivity contribution in [3.05, 3.63) is 89.7 Å². The van der Waals surface area contributed by atoms with Crippen LogP contribution in [-0.2, 0) is 14.8 Å². The predicted octanol–water partition coefficient (Wildman–Crippen LogP) is 4.27. The number of amides is 1. The lowest BCUT2D eigenvalue weighted by atomic mass is 10.2. The molecule has 0 atom stereocenters. The minimum atomic E-state index is -4.21. The summed E-state index contributed by atoms with van der Waals surface area (Å²) in [5.41, 5.74) is 3.64. The highest BCUT2D eigenvalue weighted by molar-refractivity contribution is 7.92. The van der Waals surface area contributed by atoms with Crippen LogP contribution in [0.15, 0.2) is 82.8 Å². The van der Waals surface area contributed by atoms with Gasteiger partial charge in [0.1, 0.15) is 18.1 Å². The molecule has 178 valence electrons. The van der Waals surface area contributed by atoms with E-state index in [1.54, 1.807) is 36.4 Å². The highest BCUT2D eigenvalue weighted by Gasteiger charge is 2.29. The average Bonchev–Trinajstić information content (AvgIpc) is 2.79. The van der Waals surface area contributed by atoms with Gasteiger partial charge in [-0.25, -0.2) is 18.2 Å². The van der Waals surface area contributed by atoms with Crippen molar-refractivity contribution in [2.24, 2.45) is 5.10 Å². The van der Waals surface area contributed by atoms with Crippen molar-refractivity contribution in [3.8, 4) is 5.75 Å². The van der Waals surface area contributed by atoms with Crippen LogP contribution in [0.5, 0.6) is 5.75 Å². The predicted molar refractivity (Wildman–Crippen MR) is 130 cm³/mol. The minimum absolute atomic E-state index is 0.0485. The first-order chi connectivity index (χ1) is 16.2. The molecule has 0 aliphatic heterocycles. The molecule has 0 unspecified atom stereocenters. The highest BCUT2D eigenvalue weighted by atomic mass is 32.2. The molecule has 0 aromatic heterocycles. The van der Waals surface area contributed by atoms with Crippen LogP contribution in [0.3, 0.4) is 0 Å². The summed E-state index contributed by atoms with van der Waals surface area (Å²) in [6, 6.07) is 18.6. The van der Waals surface area contributed by atoms with E-state index in [0.717, 1.165) is 15.9 Å². The SMILES string of the molecule is Cc1ccc(S(=O)(=O)N(CC(=O)N/N=C\c2ccc(OC(C)C)cc2)c2ccccc2F)cc1. The number of sulfonamides is 1. The average molecular weight is 484 g/mol. The zero-order valence-corrected chi connectivity index (χ0v) is 19.9. The number of anilines is 1. The van der Waals surface area contributed by atoms with Gasteiger partial charge < -0.3 is 4.74 Å². The molecule has 0 heterocycles. The third-order valence-electron chi connectivity index (χ3n) is 4.67. The van der Waals surface area contributed by atoms with Crippen molar-refractivity contribution in [1.82, 2.24) is 5.43 Å². The molecule has 0 fully saturated rings. The second kappa shape index (κ2) is 10.9. The fourth-order valence-corrected chi connectivity index (χ4v) is 4.47. The van der Waals surface area contributed by atoms with Gasteiger partial charge in [-0.15, -0.1) is 0 Å². The quantitative estimate of drug-likeness (QED) is 0.364. The van der Waals surface area contributed by atoms with Gasteiger partial charge in [-0.3, -0.25) is 9.10 Å². The summed E-state index contributed by atoms with van der Waals surface area (Å²) in [6.45, 7) is 5.01. The maximum atomic E-state index is 14.5. The molecule has 0 aliphatic rings. The highest BCUT2D eigenvalue weighted by Crippen LogP contribution is 2.26. The zero-order valence-electron chi connectivity index (χ0n) is 19.1. The van der Waals surface area contributed by atoms with Crippen LogP contribution < -0.4 is 14.5 Å². The Bertz CT molecular complexity index is 1260. The molecular formula is C25H26FN3O4S. The Labute approximate surface area is 198 Å². The Morgan fingerprint density at radius 1 is 1.06 bits per heavy atom. The number of aryl methyl sites for hydroxylation is 1. The summed E-state index contributed by atoms with van der Waals surface area (Å²) in [6.07, 6.45) is 1.46. The minimum Gasteiger partial charge on any atom is -0.491 e. The molecule has 34 heavy (non-hydrogen) atoms. The van der Waals surface area contributed by atoms with E-state index in [9.17, 15) is 17.6 Å². The van der Waals surface area contributed by atoms with Crippen molar-refractivity contribution < 1.29 is 22.3 Å². The maximum absolute atomic E-state index is 14.5. The van der Waals surface area contributed by atoms with Crippen LogP contribution in [0.2, 0.25) is 0 Å². The first kappa shape index (κ1) is 24.9. The topological polar surface area (TPSA) is 88.1 Å². The molecule has 1 amide bonds. The largest absolute Gasteiger partial charge is 0.491 e. The van der Waals surface area contributed by atoms with E-state index >= 15 is 0 Å². The molecule has 0 saturated carbocycles. The molecular weight excluding hydrogens is 457 g/mol. The Balaban J connectivity index is 1.77. The van der Waals surface area contributed by atoms with E-state index < -0.39 is 28.3 Å². The second-order valence-electron chi connectivity index (χ2n) is 7.80. The van der Waals surface area contributed by atoms with E-state index in [0.29, 0.717) is 11.3 Å². The Hall–Kier alpha value is -3.72. The van der Waals surface area contributed by atoms with Gasteiger partial charge in [0.15, 0.2) is 0 Å². The zero-order chi connectivity index (χ0) is 24.7. The van der Waals surface area contributed by atoms with Crippen molar-refractivity contribution in [2.75, 3.05) is 10.8 Å². The number of carbonyl (C=O) groups is 1. The fraction of sp³-hybridized carbons (Fsp3) is 0.200. The van der Waals surface area contributed by atoms with Crippen LogP contribution in [0.4, 0.5) is 10.1 Å². The first-order valence-electron chi connectivity index (χ1n) is 10.6. The lowest BCUT2D eigenvalue weighted by Crippen LogP contribution is -2.40. The van der Waals surface area contributed by atoms with E-state index in [-0.39, 0.29) is 16.7 Å². The Kier molecular flexibility index (Phi) is 8.01. The van der Waals surface area contributed by atoms with Gasteiger partial charge >= 0.3 is 0 Å². The van der Waals surface area contributed by atoms with Crippen molar-refractivity contribution in [2.45, 2.75) is 31.8 Å². The molecule has 0 spiro atoms. The number of rotatable bonds is 9. The van der Waals surface area contributed by atoms with Crippen molar-refractivity contribution in [1.29, 1.82) is 0 Å². The number of nitrogens with zero attached hydrogens (tertiary/aromatic N) is 2. The summed E-state index contributed by atoms with van der Waals surface area (Å²) in [4.78, 5) is 12.5. The van der Waals surface area contributed by atoms with E-state index in [1.165, 1.54) is 36.5 Å². The van der Waals surface area contributed by atoms with E-state index in [4.69, 9.17) is 4.74 Å². The molecule has 0 saturated heterocycles. The molecule has 7 nitrogen and oxygen atoms in total. The number of halogens is 1. The second-order valence-corrected chi connectivity index (χ2v) is 9.67. The lowest BCUT2D eigenvalue weighted by Gasteiger charge is -2.24. The van der Waals surface area contributed by atoms with Gasteiger partial charge in [-0.2, -0.15) is 5.10 Å². The number of para-hydroxylation sites is 1. The van der Waals surface area contributed by atoms with Crippen LogP contribution in [0, 0.1) is 12.7 Å². The smallest absolute Gasteiger partial charge is 0.264 e. The standard InChI is InChI=1S/C25H26FN3O4S/c1-18(2)33-21-12-10-20(11-13-21)16-27-28-25(30)17-29(24-7-5-4-6-23(24)26)34(31,32)22-14-8-19(3)9-15-22/h4-16,18H,17H2,1-3H3,(H,28,30)/b27-16-. The van der Waals surface area contributed by atoms with Gasteiger partial charge in [0.25, 0.3) is 15.9 Å². The first-order valence-corrected chi connectivity index (χ1v) is 12.0. The van der Waals surface area contributed by atoms with Crippen LogP contribution in [0.1, 0.15) is 25.0 Å². The van der Waals surface area contributed by atoms with E-state index in [2.05, 4.69) is 10.5 Å². The van der Waals surface area contributed by atoms with Gasteiger partial charge in [-0.1, -0.05) is 29.8 Å².